The van der Waals surface area contributed by atoms with Crippen molar-refractivity contribution in [2.75, 3.05) is 26.2 Å². The van der Waals surface area contributed by atoms with Gasteiger partial charge in [0.1, 0.15) is 18.4 Å². The van der Waals surface area contributed by atoms with E-state index in [0.717, 1.165) is 0 Å². The van der Waals surface area contributed by atoms with E-state index in [1.54, 1.807) is 34.1 Å². The van der Waals surface area contributed by atoms with E-state index in [-0.39, 0.29) is 42.4 Å². The molecule has 0 radical (unpaired) electrons. The Bertz CT molecular complexity index is 899. The van der Waals surface area contributed by atoms with Crippen molar-refractivity contribution in [1.29, 1.82) is 0 Å². The van der Waals surface area contributed by atoms with Crippen LogP contribution >= 0.6 is 0 Å². The van der Waals surface area contributed by atoms with E-state index in [0.29, 0.717) is 31.6 Å². The number of furan rings is 1. The molecule has 0 N–H and O–H groups in total. The maximum absolute atomic E-state index is 13.4. The Labute approximate surface area is 161 Å². The van der Waals surface area contributed by atoms with Gasteiger partial charge in [-0.3, -0.25) is 14.4 Å². The van der Waals surface area contributed by atoms with Crippen molar-refractivity contribution in [3.63, 3.8) is 0 Å². The van der Waals surface area contributed by atoms with Crippen molar-refractivity contribution >= 4 is 17.7 Å². The largest absolute Gasteiger partial charge is 0.459 e. The number of benzene rings is 1. The van der Waals surface area contributed by atoms with Crippen LogP contribution in [-0.4, -0.2) is 64.6 Å². The summed E-state index contributed by atoms with van der Waals surface area (Å²) in [7, 11) is 0. The standard InChI is InChI=1S/C20H20FN3O4/c21-15-4-1-3-14(11-15)12-23-13-18(25)24-9-8-22(7-6-16(24)19(23)26)20(27)17-5-2-10-28-17/h1-5,10-11,16H,6-9,12-13H2. The van der Waals surface area contributed by atoms with E-state index in [4.69, 9.17) is 4.42 Å². The Morgan fingerprint density at radius 2 is 2.00 bits per heavy atom. The summed E-state index contributed by atoms with van der Waals surface area (Å²) in [5, 5.41) is 0. The van der Waals surface area contributed by atoms with Crippen molar-refractivity contribution in [3.05, 3.63) is 59.8 Å². The monoisotopic (exact) mass is 385 g/mol. The Morgan fingerprint density at radius 3 is 2.75 bits per heavy atom. The number of halogens is 1. The molecule has 3 heterocycles. The Balaban J connectivity index is 1.48. The van der Waals surface area contributed by atoms with Gasteiger partial charge in [0.25, 0.3) is 5.91 Å². The smallest absolute Gasteiger partial charge is 0.289 e. The lowest BCUT2D eigenvalue weighted by Gasteiger charge is -2.39. The number of hydrogen-bond donors (Lipinski definition) is 0. The molecule has 2 aromatic rings. The molecule has 0 spiro atoms. The molecular formula is C20H20FN3O4. The van der Waals surface area contributed by atoms with E-state index in [2.05, 4.69) is 0 Å². The van der Waals surface area contributed by atoms with Crippen LogP contribution < -0.4 is 0 Å². The first-order valence-electron chi connectivity index (χ1n) is 9.18. The number of amides is 3. The molecule has 8 heteroatoms. The van der Waals surface area contributed by atoms with Gasteiger partial charge in [-0.15, -0.1) is 0 Å². The summed E-state index contributed by atoms with van der Waals surface area (Å²) in [5.41, 5.74) is 0.637. The van der Waals surface area contributed by atoms with Crippen LogP contribution in [0, 0.1) is 5.82 Å². The average molecular weight is 385 g/mol. The first kappa shape index (κ1) is 18.2. The van der Waals surface area contributed by atoms with E-state index >= 15 is 0 Å². The minimum atomic E-state index is -0.607. The fourth-order valence-electron chi connectivity index (χ4n) is 3.78. The van der Waals surface area contributed by atoms with Crippen LogP contribution in [0.25, 0.3) is 0 Å². The molecule has 1 aromatic heterocycles. The first-order chi connectivity index (χ1) is 13.5. The third kappa shape index (κ3) is 3.49. The molecule has 2 aliphatic heterocycles. The number of carbonyl (C=O) groups excluding carboxylic acids is 3. The molecule has 4 rings (SSSR count). The predicted molar refractivity (Wildman–Crippen MR) is 96.5 cm³/mol. The Kier molecular flexibility index (Phi) is 4.85. The third-order valence-corrected chi connectivity index (χ3v) is 5.18. The van der Waals surface area contributed by atoms with Gasteiger partial charge in [-0.2, -0.15) is 0 Å². The predicted octanol–water partition coefficient (Wildman–Crippen LogP) is 1.50. The summed E-state index contributed by atoms with van der Waals surface area (Å²) in [6.07, 6.45) is 1.79. The molecule has 2 saturated heterocycles. The van der Waals surface area contributed by atoms with Crippen LogP contribution in [0.5, 0.6) is 0 Å². The van der Waals surface area contributed by atoms with Crippen LogP contribution in [0.3, 0.4) is 0 Å². The minimum absolute atomic E-state index is 0.0437. The fraction of sp³-hybridized carbons (Fsp3) is 0.350. The van der Waals surface area contributed by atoms with Crippen molar-refractivity contribution in [2.45, 2.75) is 19.0 Å². The molecule has 0 aliphatic carbocycles. The second-order valence-corrected chi connectivity index (χ2v) is 6.99. The summed E-state index contributed by atoms with van der Waals surface area (Å²) in [6.45, 7) is 1.14. The van der Waals surface area contributed by atoms with Crippen molar-refractivity contribution < 1.29 is 23.2 Å². The quantitative estimate of drug-likeness (QED) is 0.803. The van der Waals surface area contributed by atoms with Crippen LogP contribution in [0.4, 0.5) is 4.39 Å². The molecule has 146 valence electrons. The molecule has 1 atom stereocenters. The molecule has 2 fully saturated rings. The topological polar surface area (TPSA) is 74.1 Å². The maximum atomic E-state index is 13.4. The number of carbonyl (C=O) groups is 3. The Morgan fingerprint density at radius 1 is 1.14 bits per heavy atom. The normalized spacial score (nSPS) is 20.2. The van der Waals surface area contributed by atoms with E-state index in [1.807, 2.05) is 0 Å². The highest BCUT2D eigenvalue weighted by atomic mass is 19.1. The summed E-state index contributed by atoms with van der Waals surface area (Å²) in [6, 6.07) is 8.64. The molecule has 0 saturated carbocycles. The molecule has 1 aromatic carbocycles. The number of hydrogen-bond acceptors (Lipinski definition) is 4. The number of piperazine rings is 1. The van der Waals surface area contributed by atoms with Gasteiger partial charge in [0, 0.05) is 26.2 Å². The van der Waals surface area contributed by atoms with Gasteiger partial charge in [-0.05, 0) is 36.2 Å². The SMILES string of the molecule is O=C(c1ccco1)N1CCC2C(=O)N(Cc3cccc(F)c3)CC(=O)N2CC1. The van der Waals surface area contributed by atoms with Gasteiger partial charge in [-0.1, -0.05) is 12.1 Å². The highest BCUT2D eigenvalue weighted by molar-refractivity contribution is 5.95. The fourth-order valence-corrected chi connectivity index (χ4v) is 3.78. The van der Waals surface area contributed by atoms with Gasteiger partial charge < -0.3 is 19.1 Å². The number of fused-ring (bicyclic) bond motifs is 1. The molecule has 7 nitrogen and oxygen atoms in total. The lowest BCUT2D eigenvalue weighted by molar-refractivity contribution is -0.156. The van der Waals surface area contributed by atoms with Crippen LogP contribution in [0.2, 0.25) is 0 Å². The zero-order valence-corrected chi connectivity index (χ0v) is 15.2. The van der Waals surface area contributed by atoms with Crippen LogP contribution in [0.15, 0.2) is 47.1 Å². The minimum Gasteiger partial charge on any atom is -0.459 e. The lowest BCUT2D eigenvalue weighted by atomic mass is 10.1. The van der Waals surface area contributed by atoms with Crippen molar-refractivity contribution in [3.8, 4) is 0 Å². The van der Waals surface area contributed by atoms with E-state index < -0.39 is 6.04 Å². The molecule has 1 unspecified atom stereocenters. The molecule has 28 heavy (non-hydrogen) atoms. The highest BCUT2D eigenvalue weighted by Crippen LogP contribution is 2.22. The van der Waals surface area contributed by atoms with Crippen molar-refractivity contribution in [1.82, 2.24) is 14.7 Å². The molecule has 3 amide bonds. The number of nitrogens with zero attached hydrogens (tertiary/aromatic N) is 3. The molecule has 0 bridgehead atoms. The summed E-state index contributed by atoms with van der Waals surface area (Å²) >= 11 is 0. The van der Waals surface area contributed by atoms with Gasteiger partial charge >= 0.3 is 0 Å². The maximum Gasteiger partial charge on any atom is 0.289 e. The zero-order valence-electron chi connectivity index (χ0n) is 15.2. The van der Waals surface area contributed by atoms with Gasteiger partial charge in [-0.25, -0.2) is 4.39 Å². The van der Waals surface area contributed by atoms with E-state index in [1.165, 1.54) is 23.3 Å². The molecule has 2 aliphatic rings. The summed E-state index contributed by atoms with van der Waals surface area (Å²) in [5.74, 6) is -0.715. The van der Waals surface area contributed by atoms with Crippen LogP contribution in [0.1, 0.15) is 22.5 Å². The summed E-state index contributed by atoms with van der Waals surface area (Å²) < 4.78 is 18.6. The summed E-state index contributed by atoms with van der Waals surface area (Å²) in [4.78, 5) is 42.7. The second-order valence-electron chi connectivity index (χ2n) is 6.99. The van der Waals surface area contributed by atoms with Crippen molar-refractivity contribution in [2.24, 2.45) is 0 Å². The number of rotatable bonds is 3. The first-order valence-corrected chi connectivity index (χ1v) is 9.18. The van der Waals surface area contributed by atoms with Gasteiger partial charge in [0.2, 0.25) is 11.8 Å². The van der Waals surface area contributed by atoms with E-state index in [9.17, 15) is 18.8 Å². The zero-order chi connectivity index (χ0) is 19.7. The third-order valence-electron chi connectivity index (χ3n) is 5.18. The lowest BCUT2D eigenvalue weighted by Crippen LogP contribution is -2.59. The van der Waals surface area contributed by atoms with Crippen LogP contribution in [-0.2, 0) is 16.1 Å². The highest BCUT2D eigenvalue weighted by Gasteiger charge is 2.41. The van der Waals surface area contributed by atoms with Gasteiger partial charge in [0.15, 0.2) is 5.76 Å². The Hall–Kier alpha value is -3.16. The molecular weight excluding hydrogens is 365 g/mol. The van der Waals surface area contributed by atoms with Gasteiger partial charge in [0.05, 0.1) is 6.26 Å². The average Bonchev–Trinajstić information content (AvgIpc) is 3.11. The second kappa shape index (κ2) is 7.46.